The third-order valence-corrected chi connectivity index (χ3v) is 1.56. The van der Waals surface area contributed by atoms with Crippen molar-refractivity contribution in [2.75, 3.05) is 0 Å². The van der Waals surface area contributed by atoms with Gasteiger partial charge in [-0.15, -0.1) is 0 Å². The maximum Gasteiger partial charge on any atom is 0.332 e. The predicted molar refractivity (Wildman–Crippen MR) is 43.8 cm³/mol. The first-order chi connectivity index (χ1) is 5.70. The molecule has 12 heavy (non-hydrogen) atoms. The molecule has 1 rings (SSSR count). The minimum absolute atomic E-state index is 0.163. The van der Waals surface area contributed by atoms with Crippen LogP contribution in [0.25, 0.3) is 0 Å². The summed E-state index contributed by atoms with van der Waals surface area (Å²) >= 11 is 0. The van der Waals surface area contributed by atoms with Crippen molar-refractivity contribution in [1.82, 2.24) is 0 Å². The van der Waals surface area contributed by atoms with Crippen molar-refractivity contribution in [3.8, 4) is 0 Å². The van der Waals surface area contributed by atoms with Crippen molar-refractivity contribution in [3.63, 3.8) is 0 Å². The third kappa shape index (κ3) is 2.36. The van der Waals surface area contributed by atoms with E-state index in [1.807, 2.05) is 18.2 Å². The highest BCUT2D eigenvalue weighted by Gasteiger charge is 2.12. The monoisotopic (exact) mass is 175 g/mol. The van der Waals surface area contributed by atoms with Crippen LogP contribution in [-0.4, -0.2) is 22.3 Å². The number of carbonyl (C=O) groups is 1. The van der Waals surface area contributed by atoms with Crippen molar-refractivity contribution >= 4 is 5.97 Å². The number of benzene rings is 1. The van der Waals surface area contributed by atoms with E-state index in [-0.39, 0.29) is 6.42 Å². The van der Waals surface area contributed by atoms with E-state index in [0.717, 1.165) is 5.56 Å². The van der Waals surface area contributed by atoms with Gasteiger partial charge in [-0.1, -0.05) is 30.3 Å². The summed E-state index contributed by atoms with van der Waals surface area (Å²) in [4.78, 5) is 10.3. The highest BCUT2D eigenvalue weighted by molar-refractivity contribution is 5.72. The zero-order valence-corrected chi connectivity index (χ0v) is 6.47. The summed E-state index contributed by atoms with van der Waals surface area (Å²) in [5, 5.41) is 17.4. The molecule has 3 heteroatoms. The number of carboxylic acid groups (broad SMARTS) is 1. The summed E-state index contributed by atoms with van der Waals surface area (Å²) < 4.78 is 0. The summed E-state index contributed by atoms with van der Waals surface area (Å²) in [6.45, 7) is 0. The number of hydrogen-bond acceptors (Lipinski definition) is 2. The fourth-order valence-electron chi connectivity index (χ4n) is 0.925. The van der Waals surface area contributed by atoms with Crippen molar-refractivity contribution in [3.05, 3.63) is 35.9 Å². The van der Waals surface area contributed by atoms with Gasteiger partial charge in [-0.2, -0.15) is 0 Å². The van der Waals surface area contributed by atoms with Gasteiger partial charge in [0.15, 0.2) is 6.10 Å². The van der Waals surface area contributed by atoms with E-state index in [1.54, 1.807) is 12.1 Å². The number of hydrogen-bond donors (Lipinski definition) is 2. The van der Waals surface area contributed by atoms with Gasteiger partial charge in [-0.05, 0) is 5.56 Å². The first kappa shape index (κ1) is 8.74. The zero-order valence-electron chi connectivity index (χ0n) is 6.47. The first-order valence-corrected chi connectivity index (χ1v) is 3.65. The Morgan fingerprint density at radius 1 is 1.33 bits per heavy atom. The lowest BCUT2D eigenvalue weighted by atomic mass is 11.1. The smallest absolute Gasteiger partial charge is 0.332 e. The molecule has 2 N–H and O–H groups in total. The molecule has 1 atom stereocenters. The molecule has 0 heterocycles. The molecular weight excluding hydrogens is 165 g/mol. The SMILES string of the molecule is O=[13C](O)[13C@@H](O)[13CH2][13c]1[13cH][13cH][13cH][13cH][13cH]1. The van der Waals surface area contributed by atoms with Crippen LogP contribution in [0.3, 0.4) is 0 Å². The second-order valence-corrected chi connectivity index (χ2v) is 2.54. The molecule has 0 bridgehead atoms. The molecule has 0 spiro atoms. The molecule has 64 valence electrons. The summed E-state index contributed by atoms with van der Waals surface area (Å²) in [6.07, 6.45) is -1.14. The summed E-state index contributed by atoms with van der Waals surface area (Å²) in [5.74, 6) is -1.18. The molecule has 0 saturated carbocycles. The molecule has 0 saturated heterocycles. The number of aliphatic hydroxyl groups excluding tert-OH is 1. The van der Waals surface area contributed by atoms with Crippen molar-refractivity contribution in [1.29, 1.82) is 0 Å². The second kappa shape index (κ2) is 3.88. The van der Waals surface area contributed by atoms with Crippen molar-refractivity contribution < 1.29 is 15.0 Å². The van der Waals surface area contributed by atoms with Crippen molar-refractivity contribution in [2.24, 2.45) is 0 Å². The average molecular weight is 175 g/mol. The predicted octanol–water partition coefficient (Wildman–Crippen LogP) is 0.675. The van der Waals surface area contributed by atoms with Crippen LogP contribution in [0.5, 0.6) is 0 Å². The quantitative estimate of drug-likeness (QED) is 0.664. The molecule has 0 radical (unpaired) electrons. The topological polar surface area (TPSA) is 57.5 Å². The third-order valence-electron chi connectivity index (χ3n) is 1.56. The zero-order chi connectivity index (χ0) is 8.97. The summed E-state index contributed by atoms with van der Waals surface area (Å²) in [6, 6.07) is 9.03. The van der Waals surface area contributed by atoms with Gasteiger partial charge in [-0.3, -0.25) is 0 Å². The Morgan fingerprint density at radius 2 is 1.92 bits per heavy atom. The maximum atomic E-state index is 10.3. The minimum Gasteiger partial charge on any atom is -0.479 e. The number of carboxylic acids is 1. The molecule has 0 aliphatic heterocycles. The normalized spacial score (nSPS) is 12.4. The molecule has 0 fully saturated rings. The molecule has 1 aromatic rings. The summed E-state index contributed by atoms with van der Waals surface area (Å²) in [7, 11) is 0. The van der Waals surface area contributed by atoms with Gasteiger partial charge >= 0.3 is 5.97 Å². The first-order valence-electron chi connectivity index (χ1n) is 3.65. The van der Waals surface area contributed by atoms with Crippen LogP contribution in [0.2, 0.25) is 0 Å². The van der Waals surface area contributed by atoms with E-state index in [1.165, 1.54) is 0 Å². The van der Waals surface area contributed by atoms with Crippen molar-refractivity contribution in [2.45, 2.75) is 12.5 Å². The lowest BCUT2D eigenvalue weighted by Crippen LogP contribution is -2.21. The Kier molecular flexibility index (Phi) is 2.82. The molecule has 0 unspecified atom stereocenters. The Hall–Kier alpha value is -1.35. The molecule has 0 aromatic heterocycles. The van der Waals surface area contributed by atoms with Gasteiger partial charge in [-0.25, -0.2) is 4.79 Å². The van der Waals surface area contributed by atoms with Gasteiger partial charge in [0, 0.05) is 6.42 Å². The van der Waals surface area contributed by atoms with Crippen LogP contribution in [0.15, 0.2) is 30.3 Å². The fraction of sp³-hybridized carbons (Fsp3) is 0.222. The Morgan fingerprint density at radius 3 is 2.42 bits per heavy atom. The highest BCUT2D eigenvalue weighted by Crippen LogP contribution is 2.02. The standard InChI is InChI=1S/C9H10O3/c10-8(9(11)12)6-7-4-2-1-3-5-7/h1-5,8,10H,6H2,(H,11,12)/t8-/m0/s1/i1+1,2+1,3+1,4+1,5+1,6+1,7+1,8+1,9+1. The van der Waals surface area contributed by atoms with Crippen LogP contribution in [0, 0.1) is 0 Å². The number of aliphatic hydroxyl groups is 1. The average Bonchev–Trinajstić information content (AvgIpc) is 2.06. The van der Waals surface area contributed by atoms with Gasteiger partial charge in [0.2, 0.25) is 0 Å². The van der Waals surface area contributed by atoms with E-state index in [4.69, 9.17) is 10.2 Å². The lowest BCUT2D eigenvalue weighted by Gasteiger charge is -2.03. The van der Waals surface area contributed by atoms with E-state index in [0.29, 0.717) is 0 Å². The van der Waals surface area contributed by atoms with E-state index < -0.39 is 12.1 Å². The highest BCUT2D eigenvalue weighted by atomic mass is 16.5. The van der Waals surface area contributed by atoms with Crippen LogP contribution in [0.1, 0.15) is 5.56 Å². The lowest BCUT2D eigenvalue weighted by molar-refractivity contribution is -0.146. The molecular formula is C9H10O3. The van der Waals surface area contributed by atoms with E-state index in [9.17, 15) is 4.79 Å². The van der Waals surface area contributed by atoms with Gasteiger partial charge in [0.05, 0.1) is 0 Å². The van der Waals surface area contributed by atoms with Crippen LogP contribution < -0.4 is 0 Å². The molecule has 0 amide bonds. The molecule has 3 nitrogen and oxygen atoms in total. The van der Waals surface area contributed by atoms with Crippen LogP contribution >= 0.6 is 0 Å². The largest absolute Gasteiger partial charge is 0.479 e. The van der Waals surface area contributed by atoms with E-state index >= 15 is 0 Å². The molecule has 0 aliphatic rings. The van der Waals surface area contributed by atoms with Gasteiger partial charge in [0.1, 0.15) is 0 Å². The second-order valence-electron chi connectivity index (χ2n) is 2.54. The Bertz CT molecular complexity index is 256. The Balaban J connectivity index is 2.58. The minimum atomic E-state index is -1.30. The molecule has 1 aromatic carbocycles. The maximum absolute atomic E-state index is 10.3. The van der Waals surface area contributed by atoms with Gasteiger partial charge in [0.25, 0.3) is 0 Å². The number of aliphatic carboxylic acids is 1. The summed E-state index contributed by atoms with van der Waals surface area (Å²) in [5.41, 5.74) is 0.826. The molecule has 0 aliphatic carbocycles. The van der Waals surface area contributed by atoms with Crippen LogP contribution in [-0.2, 0) is 11.2 Å². The Labute approximate surface area is 70.3 Å². The van der Waals surface area contributed by atoms with Crippen LogP contribution in [0.4, 0.5) is 0 Å². The van der Waals surface area contributed by atoms with Gasteiger partial charge < -0.3 is 10.2 Å². The fourth-order valence-corrected chi connectivity index (χ4v) is 0.925. The number of rotatable bonds is 3. The van der Waals surface area contributed by atoms with E-state index in [2.05, 4.69) is 0 Å².